The van der Waals surface area contributed by atoms with E-state index < -0.39 is 18.0 Å². The van der Waals surface area contributed by atoms with Crippen LogP contribution in [0.4, 0.5) is 5.69 Å². The van der Waals surface area contributed by atoms with Crippen LogP contribution in [-0.2, 0) is 14.4 Å². The Hall–Kier alpha value is -3.08. The van der Waals surface area contributed by atoms with Gasteiger partial charge in [-0.2, -0.15) is 5.26 Å². The number of nitrogens with one attached hydrogen (secondary N) is 1. The quantitative estimate of drug-likeness (QED) is 0.843. The molecule has 1 atom stereocenters. The molecule has 8 heteroatoms. The standard InChI is InChI=1S/C13H11N3O5/c1-20-9-4-2-3-7(6-14)11(9)15-12(17)10-5-8(13(18)19)16-21-10/h2-4,10H,5H2,1H3,(H,15,17)(H,18,19). The molecule has 1 aromatic carbocycles. The molecule has 1 aliphatic heterocycles. The van der Waals surface area contributed by atoms with Gasteiger partial charge in [-0.3, -0.25) is 4.79 Å². The molecule has 8 nitrogen and oxygen atoms in total. The fraction of sp³-hybridized carbons (Fsp3) is 0.231. The largest absolute Gasteiger partial charge is 0.495 e. The van der Waals surface area contributed by atoms with Gasteiger partial charge in [0.05, 0.1) is 12.7 Å². The highest BCUT2D eigenvalue weighted by molar-refractivity contribution is 6.36. The third-order valence-corrected chi connectivity index (χ3v) is 2.82. The summed E-state index contributed by atoms with van der Waals surface area (Å²) in [5.74, 6) is -1.52. The fourth-order valence-corrected chi connectivity index (χ4v) is 1.77. The van der Waals surface area contributed by atoms with Gasteiger partial charge in [-0.1, -0.05) is 11.2 Å². The number of amides is 1. The summed E-state index contributed by atoms with van der Waals surface area (Å²) in [7, 11) is 1.41. The lowest BCUT2D eigenvalue weighted by Gasteiger charge is -2.13. The zero-order valence-corrected chi connectivity index (χ0v) is 11.0. The molecule has 0 aromatic heterocycles. The van der Waals surface area contributed by atoms with Crippen LogP contribution in [0.15, 0.2) is 23.4 Å². The molecule has 0 radical (unpaired) electrons. The normalized spacial score (nSPS) is 16.4. The van der Waals surface area contributed by atoms with E-state index in [4.69, 9.17) is 19.9 Å². The minimum absolute atomic E-state index is 0.141. The van der Waals surface area contributed by atoms with Gasteiger partial charge in [0, 0.05) is 6.42 Å². The van der Waals surface area contributed by atoms with E-state index in [1.165, 1.54) is 13.2 Å². The van der Waals surface area contributed by atoms with Crippen LogP contribution >= 0.6 is 0 Å². The minimum Gasteiger partial charge on any atom is -0.495 e. The van der Waals surface area contributed by atoms with Gasteiger partial charge in [0.1, 0.15) is 17.5 Å². The third-order valence-electron chi connectivity index (χ3n) is 2.82. The lowest BCUT2D eigenvalue weighted by atomic mass is 10.1. The Bertz CT molecular complexity index is 662. The maximum atomic E-state index is 12.1. The molecule has 21 heavy (non-hydrogen) atoms. The first-order chi connectivity index (χ1) is 10.1. The second-order valence-electron chi connectivity index (χ2n) is 4.13. The molecule has 1 unspecified atom stereocenters. The molecule has 0 spiro atoms. The highest BCUT2D eigenvalue weighted by Crippen LogP contribution is 2.28. The fourth-order valence-electron chi connectivity index (χ4n) is 1.77. The molecule has 108 valence electrons. The highest BCUT2D eigenvalue weighted by Gasteiger charge is 2.32. The van der Waals surface area contributed by atoms with E-state index in [-0.39, 0.29) is 23.4 Å². The lowest BCUT2D eigenvalue weighted by Crippen LogP contribution is -2.29. The van der Waals surface area contributed by atoms with Crippen molar-refractivity contribution >= 4 is 23.3 Å². The summed E-state index contributed by atoms with van der Waals surface area (Å²) in [5, 5.41) is 23.6. The number of para-hydroxylation sites is 1. The van der Waals surface area contributed by atoms with E-state index in [0.29, 0.717) is 5.75 Å². The van der Waals surface area contributed by atoms with Gasteiger partial charge >= 0.3 is 5.97 Å². The Kier molecular flexibility index (Phi) is 4.04. The number of nitriles is 1. The van der Waals surface area contributed by atoms with E-state index >= 15 is 0 Å². The van der Waals surface area contributed by atoms with Crippen molar-refractivity contribution in [1.29, 1.82) is 5.26 Å². The van der Waals surface area contributed by atoms with Crippen molar-refractivity contribution in [3.05, 3.63) is 23.8 Å². The van der Waals surface area contributed by atoms with Crippen molar-refractivity contribution in [3.63, 3.8) is 0 Å². The number of aliphatic carboxylic acids is 1. The number of hydrogen-bond acceptors (Lipinski definition) is 6. The molecular weight excluding hydrogens is 278 g/mol. The summed E-state index contributed by atoms with van der Waals surface area (Å²) in [6.45, 7) is 0. The van der Waals surface area contributed by atoms with Crippen LogP contribution in [0.1, 0.15) is 12.0 Å². The number of rotatable bonds is 4. The Morgan fingerprint density at radius 2 is 2.33 bits per heavy atom. The van der Waals surface area contributed by atoms with Crippen LogP contribution in [0.25, 0.3) is 0 Å². The van der Waals surface area contributed by atoms with Crippen LogP contribution in [0, 0.1) is 11.3 Å². The van der Waals surface area contributed by atoms with Gasteiger partial charge < -0.3 is 20.0 Å². The minimum atomic E-state index is -1.24. The summed E-state index contributed by atoms with van der Waals surface area (Å²) < 4.78 is 5.08. The van der Waals surface area contributed by atoms with Gasteiger partial charge in [0.2, 0.25) is 6.10 Å². The monoisotopic (exact) mass is 289 g/mol. The van der Waals surface area contributed by atoms with Crippen molar-refractivity contribution in [2.24, 2.45) is 5.16 Å². The van der Waals surface area contributed by atoms with E-state index in [1.807, 2.05) is 6.07 Å². The first kappa shape index (κ1) is 14.3. The average Bonchev–Trinajstić information content (AvgIpc) is 2.97. The summed E-state index contributed by atoms with van der Waals surface area (Å²) >= 11 is 0. The number of carboxylic acids is 1. The number of carbonyl (C=O) groups is 2. The van der Waals surface area contributed by atoms with Crippen LogP contribution in [-0.4, -0.2) is 35.9 Å². The first-order valence-corrected chi connectivity index (χ1v) is 5.90. The molecule has 0 saturated carbocycles. The van der Waals surface area contributed by atoms with Crippen molar-refractivity contribution in [1.82, 2.24) is 0 Å². The third kappa shape index (κ3) is 2.92. The smallest absolute Gasteiger partial charge is 0.353 e. The maximum absolute atomic E-state index is 12.1. The number of hydrogen-bond donors (Lipinski definition) is 2. The summed E-state index contributed by atoms with van der Waals surface area (Å²) in [6, 6.07) is 6.66. The van der Waals surface area contributed by atoms with Crippen molar-refractivity contribution in [2.75, 3.05) is 12.4 Å². The van der Waals surface area contributed by atoms with E-state index in [2.05, 4.69) is 10.5 Å². The van der Waals surface area contributed by atoms with E-state index in [1.54, 1.807) is 12.1 Å². The number of carbonyl (C=O) groups excluding carboxylic acids is 1. The Balaban J connectivity index is 2.15. The van der Waals surface area contributed by atoms with Gasteiger partial charge in [-0.25, -0.2) is 4.79 Å². The van der Waals surface area contributed by atoms with Gasteiger partial charge in [0.15, 0.2) is 5.71 Å². The van der Waals surface area contributed by atoms with Crippen LogP contribution in [0.2, 0.25) is 0 Å². The first-order valence-electron chi connectivity index (χ1n) is 5.90. The molecule has 1 aromatic rings. The molecule has 1 heterocycles. The number of anilines is 1. The zero-order chi connectivity index (χ0) is 15.4. The topological polar surface area (TPSA) is 121 Å². The van der Waals surface area contributed by atoms with E-state index in [0.717, 1.165) is 0 Å². The van der Waals surface area contributed by atoms with Crippen LogP contribution < -0.4 is 10.1 Å². The van der Waals surface area contributed by atoms with Crippen molar-refractivity contribution < 1.29 is 24.3 Å². The Morgan fingerprint density at radius 3 is 2.90 bits per heavy atom. The summed E-state index contributed by atoms with van der Waals surface area (Å²) in [4.78, 5) is 27.6. The molecular formula is C13H11N3O5. The Morgan fingerprint density at radius 1 is 1.57 bits per heavy atom. The predicted molar refractivity (Wildman–Crippen MR) is 70.9 cm³/mol. The molecule has 0 aliphatic carbocycles. The highest BCUT2D eigenvalue weighted by atomic mass is 16.6. The Labute approximate surface area is 119 Å². The zero-order valence-electron chi connectivity index (χ0n) is 11.0. The number of benzene rings is 1. The number of ether oxygens (including phenoxy) is 1. The predicted octanol–water partition coefficient (Wildman–Crippen LogP) is 0.735. The molecule has 2 rings (SSSR count). The lowest BCUT2D eigenvalue weighted by molar-refractivity contribution is -0.129. The van der Waals surface area contributed by atoms with Crippen LogP contribution in [0.3, 0.4) is 0 Å². The number of carboxylic acid groups (broad SMARTS) is 1. The van der Waals surface area contributed by atoms with Crippen molar-refractivity contribution in [2.45, 2.75) is 12.5 Å². The van der Waals surface area contributed by atoms with Gasteiger partial charge in [-0.15, -0.1) is 0 Å². The maximum Gasteiger partial charge on any atom is 0.353 e. The molecule has 0 bridgehead atoms. The molecule has 0 fully saturated rings. The molecule has 1 amide bonds. The SMILES string of the molecule is COc1cccc(C#N)c1NC(=O)C1CC(C(=O)O)=NO1. The summed E-state index contributed by atoms with van der Waals surface area (Å²) in [6.07, 6.45) is -1.19. The van der Waals surface area contributed by atoms with Crippen molar-refractivity contribution in [3.8, 4) is 11.8 Å². The molecule has 0 saturated heterocycles. The van der Waals surface area contributed by atoms with Gasteiger partial charge in [-0.05, 0) is 12.1 Å². The number of methoxy groups -OCH3 is 1. The van der Waals surface area contributed by atoms with E-state index in [9.17, 15) is 9.59 Å². The second kappa shape index (κ2) is 5.92. The van der Waals surface area contributed by atoms with Crippen LogP contribution in [0.5, 0.6) is 5.75 Å². The average molecular weight is 289 g/mol. The second-order valence-corrected chi connectivity index (χ2v) is 4.13. The number of oxime groups is 1. The summed E-state index contributed by atoms with van der Waals surface area (Å²) in [5.41, 5.74) is 0.204. The molecule has 2 N–H and O–H groups in total. The number of nitrogens with zero attached hydrogens (tertiary/aromatic N) is 2. The van der Waals surface area contributed by atoms with Gasteiger partial charge in [0.25, 0.3) is 5.91 Å². The molecule has 1 aliphatic rings.